The molecule has 1 unspecified atom stereocenters. The third kappa shape index (κ3) is 8.12. The van der Waals surface area contributed by atoms with Crippen LogP contribution in [-0.2, 0) is 22.4 Å². The average Bonchev–Trinajstić information content (AvgIpc) is 3.72. The van der Waals surface area contributed by atoms with Crippen molar-refractivity contribution in [1.29, 1.82) is 0 Å². The highest BCUT2D eigenvalue weighted by Gasteiger charge is 2.44. The van der Waals surface area contributed by atoms with Gasteiger partial charge in [-0.3, -0.25) is 9.59 Å². The number of anilines is 3. The number of hydrogen-bond acceptors (Lipinski definition) is 11. The Balaban J connectivity index is 0.978. The third-order valence-electron chi connectivity index (χ3n) is 7.37. The lowest BCUT2D eigenvalue weighted by molar-refractivity contribution is -0.159. The van der Waals surface area contributed by atoms with Crippen molar-refractivity contribution in [3.05, 3.63) is 63.7 Å². The van der Waals surface area contributed by atoms with Crippen LogP contribution in [0.5, 0.6) is 5.75 Å². The van der Waals surface area contributed by atoms with Gasteiger partial charge in [0.2, 0.25) is 22.1 Å². The number of pyridine rings is 1. The SMILES string of the molecule is CC(F)(F)Oc1cccc(CC(=O)Nc2nnc([C@H]3CCC(c4nnc(NC(=O)Cc5cccc(N6CC(F)(F)C6)n5)s4)C3)s2)c1. The molecule has 242 valence electrons. The van der Waals surface area contributed by atoms with Crippen LogP contribution in [-0.4, -0.2) is 62.3 Å². The smallest absolute Gasteiger partial charge is 0.394 e. The monoisotopic (exact) mass is 676 g/mol. The van der Waals surface area contributed by atoms with Crippen molar-refractivity contribution in [2.45, 2.75) is 62.9 Å². The molecule has 1 aliphatic heterocycles. The molecule has 1 aliphatic carbocycles. The number of nitrogens with one attached hydrogen (secondary N) is 2. The van der Waals surface area contributed by atoms with Gasteiger partial charge in [0.25, 0.3) is 5.92 Å². The Morgan fingerprint density at radius 1 is 0.935 bits per heavy atom. The van der Waals surface area contributed by atoms with E-state index in [0.717, 1.165) is 29.3 Å². The maximum atomic E-state index is 13.2. The Morgan fingerprint density at radius 2 is 1.54 bits per heavy atom. The number of carbonyl (C=O) groups excluding carboxylic acids is 2. The van der Waals surface area contributed by atoms with Crippen molar-refractivity contribution in [3.8, 4) is 5.75 Å². The van der Waals surface area contributed by atoms with Crippen LogP contribution in [0.25, 0.3) is 0 Å². The maximum absolute atomic E-state index is 13.2. The molecular weight excluding hydrogens is 648 g/mol. The summed E-state index contributed by atoms with van der Waals surface area (Å²) in [5.41, 5.74) is 0.974. The fourth-order valence-electron chi connectivity index (χ4n) is 5.35. The third-order valence-corrected chi connectivity index (χ3v) is 9.37. The molecule has 0 radical (unpaired) electrons. The van der Waals surface area contributed by atoms with E-state index < -0.39 is 12.0 Å². The normalized spacial score (nSPS) is 19.0. The topological polar surface area (TPSA) is 135 Å². The molecule has 3 aromatic heterocycles. The second-order valence-corrected chi connectivity index (χ2v) is 13.3. The summed E-state index contributed by atoms with van der Waals surface area (Å²) in [5, 5.41) is 24.6. The van der Waals surface area contributed by atoms with E-state index >= 15 is 0 Å². The molecule has 6 rings (SSSR count). The molecule has 2 atom stereocenters. The zero-order valence-electron chi connectivity index (χ0n) is 24.4. The van der Waals surface area contributed by atoms with Crippen molar-refractivity contribution < 1.29 is 31.9 Å². The summed E-state index contributed by atoms with van der Waals surface area (Å²) in [4.78, 5) is 31.0. The van der Waals surface area contributed by atoms with E-state index in [1.165, 1.54) is 39.7 Å². The number of rotatable bonds is 11. The lowest BCUT2D eigenvalue weighted by Crippen LogP contribution is -2.56. The highest BCUT2D eigenvalue weighted by Crippen LogP contribution is 2.45. The van der Waals surface area contributed by atoms with Gasteiger partial charge < -0.3 is 20.3 Å². The van der Waals surface area contributed by atoms with E-state index in [1.54, 1.807) is 30.3 Å². The summed E-state index contributed by atoms with van der Waals surface area (Å²) in [6, 6.07) is 11.0. The molecule has 2 aliphatic rings. The van der Waals surface area contributed by atoms with Gasteiger partial charge in [-0.2, -0.15) is 8.78 Å². The standard InChI is InChI=1S/C29H28F4N8O3S2/c1-28(30,31)44-20-6-2-4-16(10-20)11-22(42)35-26-39-37-24(45-26)17-8-9-18(12-17)25-38-40-27(46-25)36-23(43)13-19-5-3-7-21(34-19)41-14-29(32,33)15-41/h2-7,10,17-18H,8-9,11-15H2,1H3,(H,35,39,42)(H,36,40,43)/t17-,18?/m0/s1. The Labute approximate surface area is 268 Å². The van der Waals surface area contributed by atoms with E-state index in [1.807, 2.05) is 0 Å². The molecule has 1 aromatic carbocycles. The summed E-state index contributed by atoms with van der Waals surface area (Å²) < 4.78 is 57.3. The van der Waals surface area contributed by atoms with E-state index in [2.05, 4.69) is 40.7 Å². The van der Waals surface area contributed by atoms with Crippen LogP contribution >= 0.6 is 22.7 Å². The fourth-order valence-corrected chi connectivity index (χ4v) is 7.16. The fraction of sp³-hybridized carbons (Fsp3) is 0.414. The molecule has 4 aromatic rings. The van der Waals surface area contributed by atoms with Gasteiger partial charge in [0.1, 0.15) is 21.6 Å². The van der Waals surface area contributed by atoms with Gasteiger partial charge in [-0.15, -0.1) is 20.4 Å². The summed E-state index contributed by atoms with van der Waals surface area (Å²) >= 11 is 2.58. The first-order chi connectivity index (χ1) is 21.9. The van der Waals surface area contributed by atoms with Gasteiger partial charge in [-0.05, 0) is 49.1 Å². The maximum Gasteiger partial charge on any atom is 0.394 e. The predicted molar refractivity (Wildman–Crippen MR) is 163 cm³/mol. The van der Waals surface area contributed by atoms with Gasteiger partial charge in [-0.1, -0.05) is 40.9 Å². The highest BCUT2D eigenvalue weighted by atomic mass is 32.1. The Morgan fingerprint density at radius 3 is 2.15 bits per heavy atom. The number of carbonyl (C=O) groups is 2. The molecule has 2 amide bonds. The minimum absolute atomic E-state index is 0.0316. The minimum atomic E-state index is -3.33. The van der Waals surface area contributed by atoms with Crippen LogP contribution in [0, 0.1) is 0 Å². The number of nitrogens with zero attached hydrogens (tertiary/aromatic N) is 6. The molecular formula is C29H28F4N8O3S2. The van der Waals surface area contributed by atoms with Crippen LogP contribution in [0.4, 0.5) is 33.6 Å². The molecule has 2 N–H and O–H groups in total. The molecule has 2 fully saturated rings. The van der Waals surface area contributed by atoms with Crippen LogP contribution in [0.1, 0.15) is 59.3 Å². The average molecular weight is 677 g/mol. The number of benzene rings is 1. The lowest BCUT2D eigenvalue weighted by Gasteiger charge is -2.39. The van der Waals surface area contributed by atoms with Gasteiger partial charge in [0, 0.05) is 18.8 Å². The zero-order chi connectivity index (χ0) is 32.5. The number of aromatic nitrogens is 5. The summed E-state index contributed by atoms with van der Waals surface area (Å²) in [5.74, 6) is -2.79. The number of halogens is 4. The Bertz CT molecular complexity index is 1720. The number of amides is 2. The van der Waals surface area contributed by atoms with Gasteiger partial charge in [0.05, 0.1) is 31.6 Å². The molecule has 46 heavy (non-hydrogen) atoms. The van der Waals surface area contributed by atoms with Gasteiger partial charge in [-0.25, -0.2) is 13.8 Å². The molecule has 1 saturated carbocycles. The lowest BCUT2D eigenvalue weighted by atomic mass is 10.1. The van der Waals surface area contributed by atoms with Gasteiger partial charge in [0.15, 0.2) is 0 Å². The summed E-state index contributed by atoms with van der Waals surface area (Å²) in [6.45, 7) is -0.130. The zero-order valence-corrected chi connectivity index (χ0v) is 26.0. The highest BCUT2D eigenvalue weighted by molar-refractivity contribution is 7.15. The van der Waals surface area contributed by atoms with E-state index in [4.69, 9.17) is 0 Å². The minimum Gasteiger partial charge on any atom is -0.433 e. The second-order valence-electron chi connectivity index (χ2n) is 11.3. The van der Waals surface area contributed by atoms with Crippen LogP contribution in [0.2, 0.25) is 0 Å². The van der Waals surface area contributed by atoms with E-state index in [0.29, 0.717) is 34.3 Å². The largest absolute Gasteiger partial charge is 0.433 e. The molecule has 17 heteroatoms. The van der Waals surface area contributed by atoms with Crippen LogP contribution < -0.4 is 20.3 Å². The number of hydrogen-bond donors (Lipinski definition) is 2. The Kier molecular flexibility index (Phi) is 8.87. The summed E-state index contributed by atoms with van der Waals surface area (Å²) in [7, 11) is 0. The second kappa shape index (κ2) is 12.9. The van der Waals surface area contributed by atoms with Crippen molar-refractivity contribution in [2.24, 2.45) is 0 Å². The van der Waals surface area contributed by atoms with Crippen molar-refractivity contribution >= 4 is 50.6 Å². The first kappa shape index (κ1) is 31.7. The molecule has 1 saturated heterocycles. The number of ether oxygens (including phenoxy) is 1. The molecule has 4 heterocycles. The van der Waals surface area contributed by atoms with Crippen LogP contribution in [0.3, 0.4) is 0 Å². The predicted octanol–water partition coefficient (Wildman–Crippen LogP) is 5.65. The quantitative estimate of drug-likeness (QED) is 0.194. The molecule has 11 nitrogen and oxygen atoms in total. The van der Waals surface area contributed by atoms with Crippen molar-refractivity contribution in [1.82, 2.24) is 25.4 Å². The van der Waals surface area contributed by atoms with Gasteiger partial charge >= 0.3 is 6.11 Å². The first-order valence-corrected chi connectivity index (χ1v) is 16.0. The number of alkyl halides is 4. The molecule has 0 bridgehead atoms. The first-order valence-electron chi connectivity index (χ1n) is 14.4. The summed E-state index contributed by atoms with van der Waals surface area (Å²) in [6.07, 6.45) is -0.971. The van der Waals surface area contributed by atoms with Crippen molar-refractivity contribution in [2.75, 3.05) is 28.6 Å². The van der Waals surface area contributed by atoms with E-state index in [-0.39, 0.29) is 55.3 Å². The van der Waals surface area contributed by atoms with E-state index in [9.17, 15) is 27.2 Å². The van der Waals surface area contributed by atoms with Crippen LogP contribution in [0.15, 0.2) is 42.5 Å². The van der Waals surface area contributed by atoms with Crippen molar-refractivity contribution in [3.63, 3.8) is 0 Å². The molecule has 0 spiro atoms. The Hall–Kier alpha value is -4.25.